The largest absolute Gasteiger partial charge is 0.412 e. The third kappa shape index (κ3) is 5.64. The number of aryl methyl sites for hydroxylation is 3. The van der Waals surface area contributed by atoms with Gasteiger partial charge in [0.05, 0.1) is 0 Å². The van der Waals surface area contributed by atoms with Gasteiger partial charge in [-0.15, -0.1) is 0 Å². The second kappa shape index (κ2) is 8.33. The van der Waals surface area contributed by atoms with Crippen molar-refractivity contribution in [2.75, 3.05) is 6.54 Å². The standard InChI is InChI=1S/C20H24N2O3/c1-13-6-5-7-17(10-13)19(23)21-12-16(4)22-20(24)25-18-9-8-14(2)15(3)11-18/h5-11,16H,12H2,1-4H3,(H,21,23)(H,22,24)/t16-/m1/s1. The number of amides is 2. The Bertz CT molecular complexity index is 771. The normalized spacial score (nSPS) is 11.5. The molecule has 0 saturated carbocycles. The first kappa shape index (κ1) is 18.5. The quantitative estimate of drug-likeness (QED) is 0.875. The fourth-order valence-corrected chi connectivity index (χ4v) is 2.30. The van der Waals surface area contributed by atoms with Crippen molar-refractivity contribution in [3.8, 4) is 5.75 Å². The minimum absolute atomic E-state index is 0.167. The molecule has 25 heavy (non-hydrogen) atoms. The molecule has 2 rings (SSSR count). The minimum Gasteiger partial charge on any atom is -0.410 e. The molecule has 0 aliphatic heterocycles. The van der Waals surface area contributed by atoms with Crippen molar-refractivity contribution in [3.63, 3.8) is 0 Å². The molecule has 0 unspecified atom stereocenters. The zero-order chi connectivity index (χ0) is 18.4. The number of benzene rings is 2. The minimum atomic E-state index is -0.541. The van der Waals surface area contributed by atoms with Crippen molar-refractivity contribution in [2.24, 2.45) is 0 Å². The number of hydrogen-bond donors (Lipinski definition) is 2. The van der Waals surface area contributed by atoms with Crippen LogP contribution in [0.5, 0.6) is 5.75 Å². The predicted octanol–water partition coefficient (Wildman–Crippen LogP) is 3.52. The van der Waals surface area contributed by atoms with Gasteiger partial charge in [-0.25, -0.2) is 4.79 Å². The molecule has 2 amide bonds. The first-order valence-corrected chi connectivity index (χ1v) is 8.25. The van der Waals surface area contributed by atoms with Crippen molar-refractivity contribution < 1.29 is 14.3 Å². The maximum Gasteiger partial charge on any atom is 0.412 e. The summed E-state index contributed by atoms with van der Waals surface area (Å²) in [6, 6.07) is 12.6. The number of hydrogen-bond acceptors (Lipinski definition) is 3. The van der Waals surface area contributed by atoms with E-state index in [-0.39, 0.29) is 11.9 Å². The average molecular weight is 340 g/mol. The number of nitrogens with one attached hydrogen (secondary N) is 2. The van der Waals surface area contributed by atoms with Gasteiger partial charge in [-0.05, 0) is 63.1 Å². The molecule has 0 bridgehead atoms. The van der Waals surface area contributed by atoms with Crippen molar-refractivity contribution >= 4 is 12.0 Å². The monoisotopic (exact) mass is 340 g/mol. The van der Waals surface area contributed by atoms with Gasteiger partial charge in [0.25, 0.3) is 5.91 Å². The molecule has 2 N–H and O–H groups in total. The maximum atomic E-state index is 12.1. The molecule has 0 radical (unpaired) electrons. The van der Waals surface area contributed by atoms with Crippen molar-refractivity contribution in [2.45, 2.75) is 33.7 Å². The lowest BCUT2D eigenvalue weighted by Crippen LogP contribution is -2.42. The zero-order valence-corrected chi connectivity index (χ0v) is 15.1. The molecule has 0 saturated heterocycles. The molecule has 0 aromatic heterocycles. The van der Waals surface area contributed by atoms with Crippen molar-refractivity contribution in [1.82, 2.24) is 10.6 Å². The first-order chi connectivity index (χ1) is 11.8. The van der Waals surface area contributed by atoms with Crippen LogP contribution < -0.4 is 15.4 Å². The van der Waals surface area contributed by atoms with E-state index in [0.717, 1.165) is 16.7 Å². The molecule has 0 aliphatic carbocycles. The average Bonchev–Trinajstić information content (AvgIpc) is 2.56. The van der Waals surface area contributed by atoms with Gasteiger partial charge in [-0.2, -0.15) is 0 Å². The lowest BCUT2D eigenvalue weighted by Gasteiger charge is -2.15. The molecule has 0 spiro atoms. The third-order valence-corrected chi connectivity index (χ3v) is 3.90. The highest BCUT2D eigenvalue weighted by molar-refractivity contribution is 5.94. The summed E-state index contributed by atoms with van der Waals surface area (Å²) in [7, 11) is 0. The van der Waals surface area contributed by atoms with Gasteiger partial charge in [0.2, 0.25) is 0 Å². The summed E-state index contributed by atoms with van der Waals surface area (Å²) < 4.78 is 5.27. The van der Waals surface area contributed by atoms with E-state index < -0.39 is 6.09 Å². The lowest BCUT2D eigenvalue weighted by molar-refractivity contribution is 0.0949. The van der Waals surface area contributed by atoms with Crippen LogP contribution in [0, 0.1) is 20.8 Å². The highest BCUT2D eigenvalue weighted by atomic mass is 16.6. The maximum absolute atomic E-state index is 12.1. The number of ether oxygens (including phenoxy) is 1. The van der Waals surface area contributed by atoms with Gasteiger partial charge in [0.1, 0.15) is 5.75 Å². The summed E-state index contributed by atoms with van der Waals surface area (Å²) in [5.41, 5.74) is 3.82. The molecule has 0 aliphatic rings. The highest BCUT2D eigenvalue weighted by Crippen LogP contribution is 2.16. The molecule has 5 nitrogen and oxygen atoms in total. The molecule has 2 aromatic carbocycles. The van der Waals surface area contributed by atoms with Gasteiger partial charge in [-0.1, -0.05) is 23.8 Å². The van der Waals surface area contributed by atoms with Crippen LogP contribution >= 0.6 is 0 Å². The summed E-state index contributed by atoms with van der Waals surface area (Å²) in [6.45, 7) is 8.01. The Hall–Kier alpha value is -2.82. The Morgan fingerprint density at radius 2 is 1.80 bits per heavy atom. The van der Waals surface area contributed by atoms with E-state index in [1.165, 1.54) is 0 Å². The fraction of sp³-hybridized carbons (Fsp3) is 0.300. The summed E-state index contributed by atoms with van der Waals surface area (Å²) in [4.78, 5) is 24.0. The van der Waals surface area contributed by atoms with Gasteiger partial charge in [0.15, 0.2) is 0 Å². The van der Waals surface area contributed by atoms with E-state index in [4.69, 9.17) is 4.74 Å². The van der Waals surface area contributed by atoms with Crippen LogP contribution in [0.15, 0.2) is 42.5 Å². The highest BCUT2D eigenvalue weighted by Gasteiger charge is 2.12. The molecule has 0 heterocycles. The topological polar surface area (TPSA) is 67.4 Å². The van der Waals surface area contributed by atoms with Crippen LogP contribution in [0.1, 0.15) is 34.0 Å². The van der Waals surface area contributed by atoms with E-state index in [0.29, 0.717) is 17.9 Å². The first-order valence-electron chi connectivity index (χ1n) is 8.25. The van der Waals surface area contributed by atoms with Crippen LogP contribution in [0.4, 0.5) is 4.79 Å². The third-order valence-electron chi connectivity index (χ3n) is 3.90. The summed E-state index contributed by atoms with van der Waals surface area (Å²) in [5.74, 6) is 0.330. The van der Waals surface area contributed by atoms with Crippen molar-refractivity contribution in [3.05, 3.63) is 64.7 Å². The molecule has 5 heteroatoms. The van der Waals surface area contributed by atoms with Crippen LogP contribution in [-0.4, -0.2) is 24.6 Å². The van der Waals surface area contributed by atoms with Gasteiger partial charge < -0.3 is 15.4 Å². The van der Waals surface area contributed by atoms with Crippen LogP contribution in [0.2, 0.25) is 0 Å². The Balaban J connectivity index is 1.81. The number of rotatable bonds is 5. The van der Waals surface area contributed by atoms with Crippen LogP contribution in [-0.2, 0) is 0 Å². The predicted molar refractivity (Wildman–Crippen MR) is 98.0 cm³/mol. The molecule has 1 atom stereocenters. The van der Waals surface area contributed by atoms with Gasteiger partial charge >= 0.3 is 6.09 Å². The second-order valence-electron chi connectivity index (χ2n) is 6.26. The van der Waals surface area contributed by atoms with Crippen LogP contribution in [0.25, 0.3) is 0 Å². The molecule has 132 valence electrons. The molecular weight excluding hydrogens is 316 g/mol. The molecule has 0 fully saturated rings. The van der Waals surface area contributed by atoms with E-state index in [1.807, 2.05) is 51.1 Å². The van der Waals surface area contributed by atoms with E-state index in [2.05, 4.69) is 10.6 Å². The Morgan fingerprint density at radius 1 is 1.04 bits per heavy atom. The Kier molecular flexibility index (Phi) is 6.17. The SMILES string of the molecule is Cc1cccc(C(=O)NC[C@@H](C)NC(=O)Oc2ccc(C)c(C)c2)c1. The summed E-state index contributed by atoms with van der Waals surface area (Å²) >= 11 is 0. The molecular formula is C20H24N2O3. The van der Waals surface area contributed by atoms with Gasteiger partial charge in [0, 0.05) is 18.2 Å². The van der Waals surface area contributed by atoms with Crippen LogP contribution in [0.3, 0.4) is 0 Å². The second-order valence-corrected chi connectivity index (χ2v) is 6.26. The summed E-state index contributed by atoms with van der Waals surface area (Å²) in [6.07, 6.45) is -0.541. The Morgan fingerprint density at radius 3 is 2.48 bits per heavy atom. The lowest BCUT2D eigenvalue weighted by atomic mass is 10.1. The fourth-order valence-electron chi connectivity index (χ4n) is 2.30. The van der Waals surface area contributed by atoms with E-state index >= 15 is 0 Å². The van der Waals surface area contributed by atoms with Gasteiger partial charge in [-0.3, -0.25) is 4.79 Å². The Labute approximate surface area is 148 Å². The number of carbonyl (C=O) groups excluding carboxylic acids is 2. The number of carbonyl (C=O) groups is 2. The smallest absolute Gasteiger partial charge is 0.410 e. The molecule has 2 aromatic rings. The van der Waals surface area contributed by atoms with Crippen molar-refractivity contribution in [1.29, 1.82) is 0 Å². The zero-order valence-electron chi connectivity index (χ0n) is 15.1. The van der Waals surface area contributed by atoms with E-state index in [1.54, 1.807) is 19.1 Å². The summed E-state index contributed by atoms with van der Waals surface area (Å²) in [5, 5.41) is 5.51. The van der Waals surface area contributed by atoms with E-state index in [9.17, 15) is 9.59 Å².